The highest BCUT2D eigenvalue weighted by Gasteiger charge is 2.21. The summed E-state index contributed by atoms with van der Waals surface area (Å²) in [7, 11) is -1.62. The molecule has 2 heteroatoms. The van der Waals surface area contributed by atoms with Crippen LogP contribution in [0.5, 0.6) is 0 Å². The first kappa shape index (κ1) is 9.93. The van der Waals surface area contributed by atoms with Crippen molar-refractivity contribution in [3.63, 3.8) is 0 Å². The van der Waals surface area contributed by atoms with E-state index in [1.54, 1.807) is 6.07 Å². The number of carbonyl (C=O) groups excluding carboxylic acids is 1. The predicted molar refractivity (Wildman–Crippen MR) is 58.6 cm³/mol. The molecule has 0 heterocycles. The van der Waals surface area contributed by atoms with Crippen LogP contribution in [0.3, 0.4) is 0 Å². The van der Waals surface area contributed by atoms with Gasteiger partial charge in [0.2, 0.25) is 6.29 Å². The van der Waals surface area contributed by atoms with E-state index in [4.69, 9.17) is 0 Å². The van der Waals surface area contributed by atoms with Crippen LogP contribution >= 0.6 is 0 Å². The Morgan fingerprint density at radius 1 is 1.38 bits per heavy atom. The molecule has 1 aromatic carbocycles. The fourth-order valence-electron chi connectivity index (χ4n) is 1.24. The van der Waals surface area contributed by atoms with Gasteiger partial charge in [-0.15, -0.1) is 6.58 Å². The average Bonchev–Trinajstić information content (AvgIpc) is 2.18. The Morgan fingerprint density at radius 2 is 2.00 bits per heavy atom. The summed E-state index contributed by atoms with van der Waals surface area (Å²) in [5.74, 6) is 0. The maximum Gasteiger partial charge on any atom is 0.233 e. The quantitative estimate of drug-likeness (QED) is 0.662. The Morgan fingerprint density at radius 3 is 2.54 bits per heavy atom. The highest BCUT2D eigenvalue weighted by Crippen LogP contribution is 2.06. The van der Waals surface area contributed by atoms with Gasteiger partial charge in [-0.3, -0.25) is 4.79 Å². The maximum absolute atomic E-state index is 10.7. The van der Waals surface area contributed by atoms with E-state index in [0.717, 1.165) is 5.19 Å². The minimum absolute atomic E-state index is 0.680. The van der Waals surface area contributed by atoms with Gasteiger partial charge < -0.3 is 0 Å². The lowest BCUT2D eigenvalue weighted by Crippen LogP contribution is -2.41. The summed E-state index contributed by atoms with van der Waals surface area (Å²) in [6.45, 7) is 8.14. The van der Waals surface area contributed by atoms with Crippen LogP contribution in [0.25, 0.3) is 0 Å². The molecule has 0 fully saturated rings. The monoisotopic (exact) mass is 189 g/mol. The highest BCUT2D eigenvalue weighted by molar-refractivity contribution is 6.94. The molecule has 0 amide bonds. The van der Waals surface area contributed by atoms with Crippen LogP contribution in [-0.4, -0.2) is 14.4 Å². The van der Waals surface area contributed by atoms with Gasteiger partial charge in [0.15, 0.2) is 0 Å². The van der Waals surface area contributed by atoms with Crippen molar-refractivity contribution in [3.8, 4) is 0 Å². The summed E-state index contributed by atoms with van der Waals surface area (Å²) < 4.78 is 0. The van der Waals surface area contributed by atoms with E-state index in [9.17, 15) is 4.79 Å². The van der Waals surface area contributed by atoms with E-state index in [-0.39, 0.29) is 0 Å². The third-order valence-corrected chi connectivity index (χ3v) is 5.09. The van der Waals surface area contributed by atoms with Crippen molar-refractivity contribution < 1.29 is 4.79 Å². The second-order valence-electron chi connectivity index (χ2n) is 3.57. The zero-order valence-corrected chi connectivity index (χ0v) is 9.00. The van der Waals surface area contributed by atoms with Crippen LogP contribution in [0.1, 0.15) is 5.56 Å². The Labute approximate surface area is 80.1 Å². The van der Waals surface area contributed by atoms with Crippen LogP contribution in [-0.2, 0) is 4.79 Å². The van der Waals surface area contributed by atoms with Crippen molar-refractivity contribution in [2.24, 2.45) is 0 Å². The summed E-state index contributed by atoms with van der Waals surface area (Å²) in [4.78, 5) is 10.7. The summed E-state index contributed by atoms with van der Waals surface area (Å²) in [5.41, 5.74) is 2.66. The summed E-state index contributed by atoms with van der Waals surface area (Å²) >= 11 is 0. The molecule has 1 nitrogen and oxygen atoms in total. The van der Waals surface area contributed by atoms with Gasteiger partial charge in [0.25, 0.3) is 0 Å². The van der Waals surface area contributed by atoms with Crippen molar-refractivity contribution in [1.29, 1.82) is 0 Å². The first-order valence-corrected chi connectivity index (χ1v) is 7.31. The zero-order chi connectivity index (χ0) is 9.90. The summed E-state index contributed by atoms with van der Waals surface area (Å²) in [6, 6.07) is 7.61. The number of benzene rings is 1. The van der Waals surface area contributed by atoms with Crippen molar-refractivity contribution >= 4 is 19.5 Å². The second kappa shape index (κ2) is 3.71. The molecule has 13 heavy (non-hydrogen) atoms. The summed E-state index contributed by atoms with van der Waals surface area (Å²) in [6.07, 6.45) is 1.97. The van der Waals surface area contributed by atoms with Gasteiger partial charge in [-0.1, -0.05) is 43.1 Å². The van der Waals surface area contributed by atoms with Crippen molar-refractivity contribution in [3.05, 3.63) is 42.1 Å². The fraction of sp³-hybridized carbons (Fsp3) is 0.182. The molecule has 0 aliphatic carbocycles. The number of hydrogen-bond donors (Lipinski definition) is 0. The molecule has 0 N–H and O–H groups in total. The normalized spacial score (nSPS) is 10.9. The van der Waals surface area contributed by atoms with Crippen molar-refractivity contribution in [2.75, 3.05) is 0 Å². The van der Waals surface area contributed by atoms with E-state index in [1.165, 1.54) is 0 Å². The van der Waals surface area contributed by atoms with Crippen LogP contribution in [0, 0.1) is 0 Å². The molecular formula is C11H13OSi. The molecule has 1 aromatic rings. The van der Waals surface area contributed by atoms with Gasteiger partial charge in [-0.2, -0.15) is 0 Å². The average molecular weight is 189 g/mol. The third kappa shape index (κ3) is 1.95. The lowest BCUT2D eigenvalue weighted by molar-refractivity contribution is 0.563. The first-order valence-electron chi connectivity index (χ1n) is 4.23. The van der Waals surface area contributed by atoms with E-state index in [1.807, 2.05) is 30.2 Å². The Balaban J connectivity index is 3.27. The third-order valence-electron chi connectivity index (χ3n) is 2.24. The second-order valence-corrected chi connectivity index (χ2v) is 7.96. The van der Waals surface area contributed by atoms with E-state index >= 15 is 0 Å². The van der Waals surface area contributed by atoms with Crippen LogP contribution in [0.2, 0.25) is 13.1 Å². The smallest absolute Gasteiger partial charge is 0.233 e. The highest BCUT2D eigenvalue weighted by atomic mass is 28.3. The van der Waals surface area contributed by atoms with Crippen LogP contribution in [0.15, 0.2) is 36.5 Å². The molecule has 1 rings (SSSR count). The van der Waals surface area contributed by atoms with E-state index < -0.39 is 8.07 Å². The van der Waals surface area contributed by atoms with Gasteiger partial charge in [0.1, 0.15) is 8.07 Å². The van der Waals surface area contributed by atoms with Gasteiger partial charge in [-0.25, -0.2) is 0 Å². The Bertz CT molecular complexity index is 329. The zero-order valence-electron chi connectivity index (χ0n) is 8.00. The van der Waals surface area contributed by atoms with E-state index in [2.05, 4.69) is 19.7 Å². The predicted octanol–water partition coefficient (Wildman–Crippen LogP) is 1.78. The van der Waals surface area contributed by atoms with Gasteiger partial charge >= 0.3 is 0 Å². The number of hydrogen-bond acceptors (Lipinski definition) is 1. The lowest BCUT2D eigenvalue weighted by Gasteiger charge is -2.19. The molecule has 67 valence electrons. The molecule has 0 bridgehead atoms. The largest absolute Gasteiger partial charge is 0.285 e. The standard InChI is InChI=1S/C11H13OSi/c1-4-13(2,3)11-8-6-5-7-10(11)9-12/h4-8H,1H2,2-3H3. The lowest BCUT2D eigenvalue weighted by atomic mass is 10.2. The molecule has 0 spiro atoms. The van der Waals surface area contributed by atoms with Crippen LogP contribution in [0.4, 0.5) is 0 Å². The molecule has 0 aliphatic rings. The molecule has 0 atom stereocenters. The molecule has 0 aromatic heterocycles. The fourth-order valence-corrected chi connectivity index (χ4v) is 2.82. The molecule has 0 aliphatic heterocycles. The maximum atomic E-state index is 10.7. The molecule has 0 saturated heterocycles. The minimum Gasteiger partial charge on any atom is -0.285 e. The Hall–Kier alpha value is -1.15. The summed E-state index contributed by atoms with van der Waals surface area (Å²) in [5, 5.41) is 1.11. The molecule has 1 radical (unpaired) electrons. The van der Waals surface area contributed by atoms with Gasteiger partial charge in [-0.05, 0) is 5.19 Å². The topological polar surface area (TPSA) is 17.1 Å². The van der Waals surface area contributed by atoms with Crippen molar-refractivity contribution in [1.82, 2.24) is 0 Å². The van der Waals surface area contributed by atoms with Crippen LogP contribution < -0.4 is 5.19 Å². The minimum atomic E-state index is -1.62. The SMILES string of the molecule is C=C[Si](C)(C)c1ccccc1[C]=O. The molecule has 0 unspecified atom stereocenters. The first-order chi connectivity index (χ1) is 6.11. The van der Waals surface area contributed by atoms with E-state index in [0.29, 0.717) is 5.56 Å². The Kier molecular flexibility index (Phi) is 2.83. The van der Waals surface area contributed by atoms with Gasteiger partial charge in [0, 0.05) is 5.56 Å². The molecule has 0 saturated carbocycles. The van der Waals surface area contributed by atoms with Gasteiger partial charge in [0.05, 0.1) is 0 Å². The molecular weight excluding hydrogens is 176 g/mol. The number of rotatable bonds is 3. The van der Waals surface area contributed by atoms with Crippen molar-refractivity contribution in [2.45, 2.75) is 13.1 Å².